The van der Waals surface area contributed by atoms with Gasteiger partial charge in [0.1, 0.15) is 5.82 Å². The molecule has 0 radical (unpaired) electrons. The molecule has 1 atom stereocenters. The Labute approximate surface area is 115 Å². The number of rotatable bonds is 5. The van der Waals surface area contributed by atoms with Crippen LogP contribution in [0.25, 0.3) is 0 Å². The molecule has 4 nitrogen and oxygen atoms in total. The van der Waals surface area contributed by atoms with Crippen LogP contribution in [0.15, 0.2) is 18.2 Å². The molecule has 1 amide bonds. The van der Waals surface area contributed by atoms with Crippen LogP contribution >= 0.6 is 11.6 Å². The predicted molar refractivity (Wildman–Crippen MR) is 69.4 cm³/mol. The molecule has 0 saturated carbocycles. The first-order valence-electron chi connectivity index (χ1n) is 5.67. The predicted octanol–water partition coefficient (Wildman–Crippen LogP) is 2.65. The molecule has 1 unspecified atom stereocenters. The fraction of sp³-hybridized carbons (Fsp3) is 0.385. The van der Waals surface area contributed by atoms with Gasteiger partial charge in [-0.25, -0.2) is 9.18 Å². The fourth-order valence-electron chi connectivity index (χ4n) is 1.99. The third-order valence-corrected chi connectivity index (χ3v) is 3.37. The van der Waals surface area contributed by atoms with Gasteiger partial charge in [0, 0.05) is 16.6 Å². The zero-order chi connectivity index (χ0) is 14.8. The van der Waals surface area contributed by atoms with Crippen molar-refractivity contribution >= 4 is 24.0 Å². The highest BCUT2D eigenvalue weighted by Gasteiger charge is 2.43. The number of carbonyl (C=O) groups is 2. The smallest absolute Gasteiger partial charge is 0.334 e. The SMILES string of the molecule is CC(C)N(C=O)C(C)(C(=O)O)c1ccc(F)cc1Cl. The minimum atomic E-state index is -1.65. The number of nitrogens with zero attached hydrogens (tertiary/aromatic N) is 1. The number of amides is 1. The maximum atomic E-state index is 13.1. The lowest BCUT2D eigenvalue weighted by molar-refractivity contribution is -0.156. The van der Waals surface area contributed by atoms with Gasteiger partial charge in [-0.3, -0.25) is 4.79 Å². The highest BCUT2D eigenvalue weighted by molar-refractivity contribution is 6.31. The summed E-state index contributed by atoms with van der Waals surface area (Å²) in [7, 11) is 0. The number of carbonyl (C=O) groups excluding carboxylic acids is 1. The van der Waals surface area contributed by atoms with E-state index in [4.69, 9.17) is 11.6 Å². The van der Waals surface area contributed by atoms with Gasteiger partial charge in [0.2, 0.25) is 6.41 Å². The van der Waals surface area contributed by atoms with Crippen LogP contribution in [0.3, 0.4) is 0 Å². The highest BCUT2D eigenvalue weighted by Crippen LogP contribution is 2.34. The molecular weight excluding hydrogens is 273 g/mol. The average Bonchev–Trinajstić information content (AvgIpc) is 2.28. The van der Waals surface area contributed by atoms with Crippen LogP contribution < -0.4 is 0 Å². The van der Waals surface area contributed by atoms with E-state index in [1.165, 1.54) is 13.0 Å². The lowest BCUT2D eigenvalue weighted by Gasteiger charge is -2.38. The number of aliphatic carboxylic acids is 1. The Hall–Kier alpha value is -1.62. The van der Waals surface area contributed by atoms with Gasteiger partial charge >= 0.3 is 5.97 Å². The van der Waals surface area contributed by atoms with Crippen LogP contribution in [0.5, 0.6) is 0 Å². The number of carboxylic acid groups (broad SMARTS) is 1. The van der Waals surface area contributed by atoms with E-state index < -0.39 is 17.3 Å². The van der Waals surface area contributed by atoms with Gasteiger partial charge in [-0.15, -0.1) is 0 Å². The second kappa shape index (κ2) is 5.57. The minimum Gasteiger partial charge on any atom is -0.479 e. The van der Waals surface area contributed by atoms with Crippen molar-refractivity contribution in [1.82, 2.24) is 4.90 Å². The molecule has 1 N–H and O–H groups in total. The second-order valence-corrected chi connectivity index (χ2v) is 5.02. The molecule has 19 heavy (non-hydrogen) atoms. The van der Waals surface area contributed by atoms with Crippen molar-refractivity contribution in [3.63, 3.8) is 0 Å². The highest BCUT2D eigenvalue weighted by atomic mass is 35.5. The van der Waals surface area contributed by atoms with Crippen LogP contribution in [-0.2, 0) is 15.1 Å². The second-order valence-electron chi connectivity index (χ2n) is 4.61. The average molecular weight is 288 g/mol. The van der Waals surface area contributed by atoms with Crippen molar-refractivity contribution in [2.24, 2.45) is 0 Å². The van der Waals surface area contributed by atoms with Gasteiger partial charge in [0.25, 0.3) is 0 Å². The number of hydrogen-bond donors (Lipinski definition) is 1. The number of hydrogen-bond acceptors (Lipinski definition) is 2. The summed E-state index contributed by atoms with van der Waals surface area (Å²) in [6, 6.07) is 3.08. The van der Waals surface area contributed by atoms with E-state index in [0.717, 1.165) is 17.0 Å². The van der Waals surface area contributed by atoms with Gasteiger partial charge < -0.3 is 10.0 Å². The van der Waals surface area contributed by atoms with Crippen LogP contribution in [0.2, 0.25) is 5.02 Å². The lowest BCUT2D eigenvalue weighted by Crippen LogP contribution is -2.52. The maximum Gasteiger partial charge on any atom is 0.334 e. The summed E-state index contributed by atoms with van der Waals surface area (Å²) in [6.45, 7) is 4.74. The van der Waals surface area contributed by atoms with Crippen molar-refractivity contribution in [3.05, 3.63) is 34.6 Å². The quantitative estimate of drug-likeness (QED) is 0.847. The van der Waals surface area contributed by atoms with E-state index in [1.54, 1.807) is 13.8 Å². The molecule has 0 aliphatic rings. The zero-order valence-electron chi connectivity index (χ0n) is 10.9. The summed E-state index contributed by atoms with van der Waals surface area (Å²) in [6.07, 6.45) is 0.457. The monoisotopic (exact) mass is 287 g/mol. The Kier molecular flexibility index (Phi) is 4.52. The summed E-state index contributed by atoms with van der Waals surface area (Å²) in [4.78, 5) is 23.9. The molecule has 104 valence electrons. The molecule has 0 aliphatic carbocycles. The standard InChI is InChI=1S/C13H15ClFNO3/c1-8(2)16(7-17)13(3,12(18)19)10-5-4-9(15)6-11(10)14/h4-8H,1-3H3,(H,18,19). The van der Waals surface area contributed by atoms with E-state index in [1.807, 2.05) is 0 Å². The van der Waals surface area contributed by atoms with Crippen molar-refractivity contribution in [3.8, 4) is 0 Å². The molecule has 0 aliphatic heterocycles. The van der Waals surface area contributed by atoms with E-state index >= 15 is 0 Å². The van der Waals surface area contributed by atoms with Gasteiger partial charge in [0.05, 0.1) is 0 Å². The molecule has 0 aromatic heterocycles. The van der Waals surface area contributed by atoms with Crippen LogP contribution in [-0.4, -0.2) is 28.4 Å². The van der Waals surface area contributed by atoms with Gasteiger partial charge in [-0.2, -0.15) is 0 Å². The molecule has 1 aromatic carbocycles. The molecule has 6 heteroatoms. The van der Waals surface area contributed by atoms with Gasteiger partial charge in [-0.05, 0) is 32.9 Å². The van der Waals surface area contributed by atoms with Crippen LogP contribution in [0.4, 0.5) is 4.39 Å². The van der Waals surface area contributed by atoms with Crippen molar-refractivity contribution in [2.45, 2.75) is 32.4 Å². The first kappa shape index (κ1) is 15.4. The van der Waals surface area contributed by atoms with Gasteiger partial charge in [0.15, 0.2) is 5.54 Å². The number of carboxylic acids is 1. The summed E-state index contributed by atoms with van der Waals surface area (Å²) in [5, 5.41) is 9.45. The number of benzene rings is 1. The Morgan fingerprint density at radius 3 is 2.47 bits per heavy atom. The van der Waals surface area contributed by atoms with Crippen molar-refractivity contribution < 1.29 is 19.1 Å². The van der Waals surface area contributed by atoms with E-state index in [-0.39, 0.29) is 16.6 Å². The summed E-state index contributed by atoms with van der Waals surface area (Å²) >= 11 is 5.92. The molecule has 0 spiro atoms. The third-order valence-electron chi connectivity index (χ3n) is 3.06. The van der Waals surface area contributed by atoms with Crippen molar-refractivity contribution in [2.75, 3.05) is 0 Å². The molecule has 0 heterocycles. The normalized spacial score (nSPS) is 14.0. The van der Waals surface area contributed by atoms with Crippen LogP contribution in [0.1, 0.15) is 26.3 Å². The first-order valence-corrected chi connectivity index (χ1v) is 6.05. The topological polar surface area (TPSA) is 57.6 Å². The summed E-state index contributed by atoms with van der Waals surface area (Å²) in [5.41, 5.74) is -1.48. The molecule has 0 bridgehead atoms. The summed E-state index contributed by atoms with van der Waals surface area (Å²) < 4.78 is 13.1. The molecular formula is C13H15ClFNO3. The van der Waals surface area contributed by atoms with E-state index in [9.17, 15) is 19.1 Å². The van der Waals surface area contributed by atoms with E-state index in [2.05, 4.69) is 0 Å². The number of halogens is 2. The molecule has 0 saturated heterocycles. The van der Waals surface area contributed by atoms with Crippen molar-refractivity contribution in [1.29, 1.82) is 0 Å². The fourth-order valence-corrected chi connectivity index (χ4v) is 2.34. The largest absolute Gasteiger partial charge is 0.479 e. The van der Waals surface area contributed by atoms with Gasteiger partial charge in [-0.1, -0.05) is 17.7 Å². The Morgan fingerprint density at radius 1 is 1.53 bits per heavy atom. The Morgan fingerprint density at radius 2 is 2.11 bits per heavy atom. The van der Waals surface area contributed by atoms with Crippen LogP contribution in [0, 0.1) is 5.82 Å². The first-order chi connectivity index (χ1) is 8.75. The summed E-state index contributed by atoms with van der Waals surface area (Å²) in [5.74, 6) is -1.80. The maximum absolute atomic E-state index is 13.1. The zero-order valence-corrected chi connectivity index (χ0v) is 11.6. The molecule has 1 rings (SSSR count). The molecule has 1 aromatic rings. The Bertz CT molecular complexity index is 507. The van der Waals surface area contributed by atoms with E-state index in [0.29, 0.717) is 6.41 Å². The lowest BCUT2D eigenvalue weighted by atomic mass is 9.89. The third kappa shape index (κ3) is 2.71. The Balaban J connectivity index is 3.49. The minimum absolute atomic E-state index is 0.0302. The molecule has 0 fully saturated rings.